The number of carbonyl (C=O) groups is 1. The summed E-state index contributed by atoms with van der Waals surface area (Å²) in [6, 6.07) is 3.44. The Morgan fingerprint density at radius 3 is 2.61 bits per heavy atom. The summed E-state index contributed by atoms with van der Waals surface area (Å²) in [7, 11) is 0. The number of halogens is 4. The van der Waals surface area contributed by atoms with Crippen molar-refractivity contribution in [3.63, 3.8) is 0 Å². The van der Waals surface area contributed by atoms with Crippen molar-refractivity contribution in [1.82, 2.24) is 0 Å². The molecular weight excluding hydrogens is 348 g/mol. The minimum absolute atomic E-state index is 0.135. The summed E-state index contributed by atoms with van der Waals surface area (Å²) in [6.45, 7) is 0. The highest BCUT2D eigenvalue weighted by Gasteiger charge is 2.23. The largest absolute Gasteiger partial charge is 0.396 e. The van der Waals surface area contributed by atoms with E-state index in [0.717, 1.165) is 23.5 Å². The Morgan fingerprint density at radius 2 is 2.06 bits per heavy atom. The minimum atomic E-state index is -1.05. The summed E-state index contributed by atoms with van der Waals surface area (Å²) in [5, 5.41) is 0. The Labute approximate surface area is 118 Å². The number of thiophene rings is 1. The molecule has 0 fully saturated rings. The molecule has 0 bridgehead atoms. The van der Waals surface area contributed by atoms with Gasteiger partial charge in [-0.25, -0.2) is 8.78 Å². The first-order valence-electron chi connectivity index (χ1n) is 4.65. The lowest BCUT2D eigenvalue weighted by Crippen LogP contribution is -2.08. The first-order valence-corrected chi connectivity index (χ1v) is 6.63. The van der Waals surface area contributed by atoms with Crippen LogP contribution in [0.25, 0.3) is 0 Å². The lowest BCUT2D eigenvalue weighted by atomic mass is 10.1. The lowest BCUT2D eigenvalue weighted by molar-refractivity contribution is 0.103. The van der Waals surface area contributed by atoms with E-state index >= 15 is 0 Å². The second-order valence-electron chi connectivity index (χ2n) is 3.39. The van der Waals surface area contributed by atoms with Crippen LogP contribution in [0.3, 0.4) is 0 Å². The van der Waals surface area contributed by atoms with E-state index in [1.165, 1.54) is 6.07 Å². The van der Waals surface area contributed by atoms with Crippen molar-refractivity contribution >= 4 is 50.3 Å². The molecule has 7 heteroatoms. The van der Waals surface area contributed by atoms with Crippen LogP contribution in [0.4, 0.5) is 14.5 Å². The molecule has 0 aliphatic heterocycles. The Bertz CT molecular complexity index is 625. The lowest BCUT2D eigenvalue weighted by Gasteiger charge is -2.04. The third-order valence-corrected chi connectivity index (χ3v) is 4.69. The van der Waals surface area contributed by atoms with Gasteiger partial charge in [0.05, 0.1) is 16.1 Å². The van der Waals surface area contributed by atoms with Gasteiger partial charge in [-0.1, -0.05) is 11.6 Å². The number of rotatable bonds is 2. The van der Waals surface area contributed by atoms with Gasteiger partial charge in [0.1, 0.15) is 10.2 Å². The van der Waals surface area contributed by atoms with Gasteiger partial charge >= 0.3 is 0 Å². The molecule has 0 atom stereocenters. The molecule has 0 unspecified atom stereocenters. The van der Waals surface area contributed by atoms with Gasteiger partial charge in [0.2, 0.25) is 5.78 Å². The maximum absolute atomic E-state index is 13.7. The van der Waals surface area contributed by atoms with E-state index in [1.807, 2.05) is 0 Å². The number of carbonyl (C=O) groups excluding carboxylic acids is 1. The predicted octanol–water partition coefficient (Wildman–Crippen LogP) is 4.26. The molecule has 0 aliphatic carbocycles. The number of ketones is 1. The van der Waals surface area contributed by atoms with Crippen LogP contribution >= 0.6 is 38.9 Å². The van der Waals surface area contributed by atoms with E-state index in [2.05, 4.69) is 15.9 Å². The van der Waals surface area contributed by atoms with Gasteiger partial charge in [0.25, 0.3) is 0 Å². The van der Waals surface area contributed by atoms with Crippen LogP contribution in [0.1, 0.15) is 15.2 Å². The summed E-state index contributed by atoms with van der Waals surface area (Å²) in [5.41, 5.74) is 4.37. The summed E-state index contributed by atoms with van der Waals surface area (Å²) in [6.07, 6.45) is 0. The number of nitrogens with two attached hydrogens (primary N) is 1. The Balaban J connectivity index is 2.56. The molecule has 0 spiro atoms. The highest BCUT2D eigenvalue weighted by atomic mass is 79.9. The van der Waals surface area contributed by atoms with Crippen LogP contribution in [0.5, 0.6) is 0 Å². The standard InChI is InChI=1S/C11H5BrClF2NOS/c12-4-3-7(18-11(4)13)10(17)8-5(14)1-2-6(16)9(8)15/h1-3H,16H2. The topological polar surface area (TPSA) is 43.1 Å². The van der Waals surface area contributed by atoms with Crippen LogP contribution in [0, 0.1) is 11.6 Å². The first kappa shape index (κ1) is 13.5. The molecule has 18 heavy (non-hydrogen) atoms. The molecule has 1 aromatic carbocycles. The maximum atomic E-state index is 13.7. The second-order valence-corrected chi connectivity index (χ2v) is 5.90. The molecule has 2 N–H and O–H groups in total. The van der Waals surface area contributed by atoms with Crippen molar-refractivity contribution in [2.24, 2.45) is 0 Å². The first-order chi connectivity index (χ1) is 8.41. The Hall–Kier alpha value is -0.980. The van der Waals surface area contributed by atoms with Gasteiger partial charge in [-0.2, -0.15) is 0 Å². The summed E-state index contributed by atoms with van der Waals surface area (Å²) >= 11 is 9.84. The summed E-state index contributed by atoms with van der Waals surface area (Å²) in [5.74, 6) is -2.79. The number of hydrogen-bond donors (Lipinski definition) is 1. The summed E-state index contributed by atoms with van der Waals surface area (Å²) in [4.78, 5) is 12.1. The molecule has 2 aromatic rings. The third-order valence-electron chi connectivity index (χ3n) is 2.22. The molecule has 0 amide bonds. The van der Waals surface area contributed by atoms with E-state index in [9.17, 15) is 13.6 Å². The maximum Gasteiger partial charge on any atom is 0.209 e. The molecule has 1 heterocycles. The SMILES string of the molecule is Nc1ccc(F)c(C(=O)c2cc(Br)c(Cl)s2)c1F. The van der Waals surface area contributed by atoms with Crippen molar-refractivity contribution in [2.75, 3.05) is 5.73 Å². The van der Waals surface area contributed by atoms with Crippen molar-refractivity contribution in [3.8, 4) is 0 Å². The van der Waals surface area contributed by atoms with Crippen molar-refractivity contribution < 1.29 is 13.6 Å². The normalized spacial score (nSPS) is 10.7. The molecule has 2 nitrogen and oxygen atoms in total. The smallest absolute Gasteiger partial charge is 0.209 e. The van der Waals surface area contributed by atoms with Gasteiger partial charge in [-0.05, 0) is 34.1 Å². The van der Waals surface area contributed by atoms with Crippen LogP contribution < -0.4 is 5.73 Å². The van der Waals surface area contributed by atoms with Crippen LogP contribution in [-0.4, -0.2) is 5.78 Å². The molecule has 1 aromatic heterocycles. The molecule has 0 saturated heterocycles. The average molecular weight is 353 g/mol. The number of anilines is 1. The summed E-state index contributed by atoms with van der Waals surface area (Å²) < 4.78 is 28.0. The highest BCUT2D eigenvalue weighted by Crippen LogP contribution is 2.34. The highest BCUT2D eigenvalue weighted by molar-refractivity contribution is 9.10. The van der Waals surface area contributed by atoms with E-state index in [1.54, 1.807) is 0 Å². The van der Waals surface area contributed by atoms with Crippen molar-refractivity contribution in [2.45, 2.75) is 0 Å². The van der Waals surface area contributed by atoms with E-state index in [0.29, 0.717) is 8.81 Å². The zero-order valence-corrected chi connectivity index (χ0v) is 11.8. The van der Waals surface area contributed by atoms with Gasteiger partial charge in [0.15, 0.2) is 5.82 Å². The molecule has 2 rings (SSSR count). The predicted molar refractivity (Wildman–Crippen MR) is 71.2 cm³/mol. The zero-order valence-electron chi connectivity index (χ0n) is 8.64. The number of benzene rings is 1. The fourth-order valence-electron chi connectivity index (χ4n) is 1.36. The van der Waals surface area contributed by atoms with Gasteiger partial charge < -0.3 is 5.73 Å². The van der Waals surface area contributed by atoms with Crippen LogP contribution in [-0.2, 0) is 0 Å². The van der Waals surface area contributed by atoms with Crippen molar-refractivity contribution in [3.05, 3.63) is 49.1 Å². The third kappa shape index (κ3) is 2.28. The van der Waals surface area contributed by atoms with Crippen LogP contribution in [0.15, 0.2) is 22.7 Å². The van der Waals surface area contributed by atoms with Crippen molar-refractivity contribution in [1.29, 1.82) is 0 Å². The van der Waals surface area contributed by atoms with E-state index in [4.69, 9.17) is 17.3 Å². The Kier molecular flexibility index (Phi) is 3.70. The average Bonchev–Trinajstić information content (AvgIpc) is 2.65. The van der Waals surface area contributed by atoms with Gasteiger partial charge in [0, 0.05) is 4.47 Å². The number of nitrogen functional groups attached to an aromatic ring is 1. The zero-order chi connectivity index (χ0) is 13.4. The van der Waals surface area contributed by atoms with Gasteiger partial charge in [-0.3, -0.25) is 4.79 Å². The second kappa shape index (κ2) is 4.95. The fourth-order valence-corrected chi connectivity index (χ4v) is 3.01. The molecule has 0 radical (unpaired) electrons. The molecule has 0 aliphatic rings. The fraction of sp³-hybridized carbons (Fsp3) is 0. The minimum Gasteiger partial charge on any atom is -0.396 e. The van der Waals surface area contributed by atoms with Gasteiger partial charge in [-0.15, -0.1) is 11.3 Å². The Morgan fingerprint density at radius 1 is 1.39 bits per heavy atom. The number of hydrogen-bond acceptors (Lipinski definition) is 3. The quantitative estimate of drug-likeness (QED) is 0.648. The van der Waals surface area contributed by atoms with E-state index in [-0.39, 0.29) is 10.6 Å². The monoisotopic (exact) mass is 351 g/mol. The molecule has 94 valence electrons. The van der Waals surface area contributed by atoms with E-state index < -0.39 is 23.0 Å². The molecule has 0 saturated carbocycles. The molecular formula is C11H5BrClF2NOS. The van der Waals surface area contributed by atoms with Crippen LogP contribution in [0.2, 0.25) is 4.34 Å².